The Morgan fingerprint density at radius 2 is 2.31 bits per heavy atom. The fraction of sp³-hybridized carbons (Fsp3) is 0.700. The van der Waals surface area contributed by atoms with Crippen LogP contribution in [0.2, 0.25) is 0 Å². The van der Waals surface area contributed by atoms with E-state index in [2.05, 4.69) is 18.9 Å². The van der Waals surface area contributed by atoms with Crippen molar-refractivity contribution in [3.05, 3.63) is 17.0 Å². The lowest BCUT2D eigenvalue weighted by Gasteiger charge is -2.14. The highest BCUT2D eigenvalue weighted by molar-refractivity contribution is 5.35. The van der Waals surface area contributed by atoms with Gasteiger partial charge >= 0.3 is 0 Å². The number of nitrogens with two attached hydrogens (primary N) is 1. The predicted molar refractivity (Wildman–Crippen MR) is 52.6 cm³/mol. The summed E-state index contributed by atoms with van der Waals surface area (Å²) in [4.78, 5) is 0. The smallest absolute Gasteiger partial charge is 0.0665 e. The number of aromatic nitrogens is 2. The van der Waals surface area contributed by atoms with E-state index in [-0.39, 0.29) is 0 Å². The lowest BCUT2D eigenvalue weighted by atomic mass is 9.94. The molecule has 72 valence electrons. The van der Waals surface area contributed by atoms with Gasteiger partial charge in [0.05, 0.1) is 5.69 Å². The summed E-state index contributed by atoms with van der Waals surface area (Å²) in [7, 11) is 2.01. The monoisotopic (exact) mass is 179 g/mol. The Bertz CT molecular complexity index is 327. The van der Waals surface area contributed by atoms with Gasteiger partial charge in [-0.2, -0.15) is 5.10 Å². The van der Waals surface area contributed by atoms with Crippen molar-refractivity contribution in [3.8, 4) is 0 Å². The zero-order chi connectivity index (χ0) is 9.59. The van der Waals surface area contributed by atoms with Crippen molar-refractivity contribution >= 4 is 0 Å². The largest absolute Gasteiger partial charge is 0.330 e. The van der Waals surface area contributed by atoms with Gasteiger partial charge in [0.2, 0.25) is 0 Å². The van der Waals surface area contributed by atoms with E-state index in [1.54, 1.807) is 0 Å². The molecule has 0 fully saturated rings. The molecule has 2 N–H and O–H groups in total. The summed E-state index contributed by atoms with van der Waals surface area (Å²) in [5.41, 5.74) is 9.75. The van der Waals surface area contributed by atoms with Crippen molar-refractivity contribution in [2.75, 3.05) is 6.54 Å². The maximum absolute atomic E-state index is 5.78. The average Bonchev–Trinajstić information content (AvgIpc) is 2.51. The van der Waals surface area contributed by atoms with Crippen LogP contribution in [-0.2, 0) is 13.5 Å². The Balaban J connectivity index is 2.48. The molecule has 1 aliphatic carbocycles. The maximum atomic E-state index is 5.78. The molecule has 1 aliphatic rings. The Labute approximate surface area is 78.9 Å². The highest BCUT2D eigenvalue weighted by Crippen LogP contribution is 2.38. The van der Waals surface area contributed by atoms with E-state index in [9.17, 15) is 0 Å². The van der Waals surface area contributed by atoms with Crippen molar-refractivity contribution in [3.63, 3.8) is 0 Å². The third kappa shape index (κ3) is 1.10. The van der Waals surface area contributed by atoms with E-state index in [4.69, 9.17) is 5.73 Å². The first kappa shape index (κ1) is 8.75. The highest BCUT2D eigenvalue weighted by atomic mass is 15.3. The van der Waals surface area contributed by atoms with E-state index < -0.39 is 0 Å². The van der Waals surface area contributed by atoms with Gasteiger partial charge < -0.3 is 5.73 Å². The molecule has 2 rings (SSSR count). The summed E-state index contributed by atoms with van der Waals surface area (Å²) in [5, 5.41) is 4.50. The molecule has 3 nitrogen and oxygen atoms in total. The Morgan fingerprint density at radius 3 is 2.92 bits per heavy atom. The molecule has 2 unspecified atom stereocenters. The van der Waals surface area contributed by atoms with Gasteiger partial charge in [0.1, 0.15) is 0 Å². The minimum Gasteiger partial charge on any atom is -0.330 e. The Kier molecular flexibility index (Phi) is 1.91. The molecule has 3 heteroatoms. The van der Waals surface area contributed by atoms with E-state index in [1.807, 2.05) is 11.7 Å². The average molecular weight is 179 g/mol. The van der Waals surface area contributed by atoms with Gasteiger partial charge in [-0.3, -0.25) is 4.68 Å². The molecular weight excluding hydrogens is 162 g/mol. The number of hydrogen-bond acceptors (Lipinski definition) is 2. The second kappa shape index (κ2) is 2.84. The summed E-state index contributed by atoms with van der Waals surface area (Å²) >= 11 is 0. The van der Waals surface area contributed by atoms with Gasteiger partial charge in [-0.25, -0.2) is 0 Å². The zero-order valence-electron chi connectivity index (χ0n) is 8.54. The standard InChI is InChI=1S/C10H17N3/c1-6-4-9-10(8(6)5-11)7(2)13(3)12-9/h6,8H,4-5,11H2,1-3H3. The van der Waals surface area contributed by atoms with Crippen LogP contribution in [0.4, 0.5) is 0 Å². The minimum atomic E-state index is 0.531. The van der Waals surface area contributed by atoms with Gasteiger partial charge in [0.25, 0.3) is 0 Å². The van der Waals surface area contributed by atoms with E-state index in [1.165, 1.54) is 17.0 Å². The van der Waals surface area contributed by atoms with E-state index in [0.29, 0.717) is 11.8 Å². The number of aryl methyl sites for hydroxylation is 1. The molecule has 0 bridgehead atoms. The molecule has 13 heavy (non-hydrogen) atoms. The summed E-state index contributed by atoms with van der Waals surface area (Å²) < 4.78 is 1.97. The highest BCUT2D eigenvalue weighted by Gasteiger charge is 2.32. The topological polar surface area (TPSA) is 43.8 Å². The first-order chi connectivity index (χ1) is 6.15. The lowest BCUT2D eigenvalue weighted by molar-refractivity contribution is 0.492. The van der Waals surface area contributed by atoms with Crippen LogP contribution in [0.3, 0.4) is 0 Å². The molecule has 0 saturated carbocycles. The molecule has 1 aromatic rings. The third-order valence-electron chi connectivity index (χ3n) is 3.28. The second-order valence-corrected chi connectivity index (χ2v) is 4.09. The first-order valence-corrected chi connectivity index (χ1v) is 4.87. The van der Waals surface area contributed by atoms with Crippen molar-refractivity contribution in [2.24, 2.45) is 18.7 Å². The molecule has 0 amide bonds. The molecule has 0 aliphatic heterocycles. The Hall–Kier alpha value is -0.830. The van der Waals surface area contributed by atoms with Crippen LogP contribution in [0.15, 0.2) is 0 Å². The van der Waals surface area contributed by atoms with Crippen LogP contribution < -0.4 is 5.73 Å². The summed E-state index contributed by atoms with van der Waals surface area (Å²) in [5.74, 6) is 1.20. The number of fused-ring (bicyclic) bond motifs is 1. The molecular formula is C10H17N3. The van der Waals surface area contributed by atoms with Crippen LogP contribution in [0.25, 0.3) is 0 Å². The van der Waals surface area contributed by atoms with E-state index in [0.717, 1.165) is 13.0 Å². The quantitative estimate of drug-likeness (QED) is 0.698. The van der Waals surface area contributed by atoms with Gasteiger partial charge in [0.15, 0.2) is 0 Å². The Morgan fingerprint density at radius 1 is 1.62 bits per heavy atom. The van der Waals surface area contributed by atoms with Gasteiger partial charge in [-0.05, 0) is 25.8 Å². The third-order valence-corrected chi connectivity index (χ3v) is 3.28. The normalized spacial score (nSPS) is 26.5. The van der Waals surface area contributed by atoms with Crippen molar-refractivity contribution in [1.29, 1.82) is 0 Å². The molecule has 2 atom stereocenters. The second-order valence-electron chi connectivity index (χ2n) is 4.09. The van der Waals surface area contributed by atoms with Crippen LogP contribution in [-0.4, -0.2) is 16.3 Å². The SMILES string of the molecule is Cc1c2c(nn1C)CC(C)C2CN. The van der Waals surface area contributed by atoms with Crippen LogP contribution in [0, 0.1) is 12.8 Å². The summed E-state index contributed by atoms with van der Waals surface area (Å²) in [6.45, 7) is 5.14. The summed E-state index contributed by atoms with van der Waals surface area (Å²) in [6.07, 6.45) is 1.10. The first-order valence-electron chi connectivity index (χ1n) is 4.87. The van der Waals surface area contributed by atoms with E-state index >= 15 is 0 Å². The van der Waals surface area contributed by atoms with Crippen molar-refractivity contribution < 1.29 is 0 Å². The maximum Gasteiger partial charge on any atom is 0.0665 e. The number of rotatable bonds is 1. The number of nitrogens with zero attached hydrogens (tertiary/aromatic N) is 2. The van der Waals surface area contributed by atoms with Crippen molar-refractivity contribution in [2.45, 2.75) is 26.2 Å². The fourth-order valence-electron chi connectivity index (χ4n) is 2.41. The molecule has 0 radical (unpaired) electrons. The van der Waals surface area contributed by atoms with Gasteiger partial charge in [0, 0.05) is 24.2 Å². The minimum absolute atomic E-state index is 0.531. The van der Waals surface area contributed by atoms with Gasteiger partial charge in [-0.15, -0.1) is 0 Å². The zero-order valence-corrected chi connectivity index (χ0v) is 8.54. The summed E-state index contributed by atoms with van der Waals surface area (Å²) in [6, 6.07) is 0. The fourth-order valence-corrected chi connectivity index (χ4v) is 2.41. The van der Waals surface area contributed by atoms with Crippen LogP contribution in [0.1, 0.15) is 29.8 Å². The number of hydrogen-bond donors (Lipinski definition) is 1. The van der Waals surface area contributed by atoms with Crippen LogP contribution >= 0.6 is 0 Å². The molecule has 1 heterocycles. The molecule has 0 aromatic carbocycles. The lowest BCUT2D eigenvalue weighted by Crippen LogP contribution is -2.17. The molecule has 0 spiro atoms. The predicted octanol–water partition coefficient (Wildman–Crippen LogP) is 0.963. The van der Waals surface area contributed by atoms with Crippen molar-refractivity contribution in [1.82, 2.24) is 9.78 Å². The molecule has 0 saturated heterocycles. The van der Waals surface area contributed by atoms with Gasteiger partial charge in [-0.1, -0.05) is 6.92 Å². The molecule has 1 aromatic heterocycles. The van der Waals surface area contributed by atoms with Crippen LogP contribution in [0.5, 0.6) is 0 Å².